The van der Waals surface area contributed by atoms with Gasteiger partial charge in [-0.2, -0.15) is 5.10 Å². The van der Waals surface area contributed by atoms with Gasteiger partial charge in [-0.25, -0.2) is 0 Å². The Balaban J connectivity index is 2.20. The Kier molecular flexibility index (Phi) is 4.61. The number of hydrogen-bond acceptors (Lipinski definition) is 2. The fourth-order valence-corrected chi connectivity index (χ4v) is 2.56. The normalized spacial score (nSPS) is 12.7. The predicted molar refractivity (Wildman–Crippen MR) is 84.0 cm³/mol. The second-order valence-corrected chi connectivity index (χ2v) is 5.66. The Morgan fingerprint density at radius 1 is 1.15 bits per heavy atom. The van der Waals surface area contributed by atoms with Gasteiger partial charge in [0.15, 0.2) is 0 Å². The second-order valence-electron chi connectivity index (χ2n) is 5.66. The molecule has 0 bridgehead atoms. The predicted octanol–water partition coefficient (Wildman–Crippen LogP) is 3.00. The Bertz CT molecular complexity index is 565. The van der Waals surface area contributed by atoms with Crippen LogP contribution < -0.4 is 5.73 Å². The molecule has 108 valence electrons. The van der Waals surface area contributed by atoms with Crippen LogP contribution in [0.2, 0.25) is 0 Å². The van der Waals surface area contributed by atoms with Crippen molar-refractivity contribution in [2.24, 2.45) is 5.73 Å². The first-order chi connectivity index (χ1) is 9.51. The monoisotopic (exact) mass is 271 g/mol. The smallest absolute Gasteiger partial charge is 0.0662 e. The van der Waals surface area contributed by atoms with Crippen LogP contribution >= 0.6 is 0 Å². The Morgan fingerprint density at radius 2 is 1.75 bits per heavy atom. The molecule has 0 saturated heterocycles. The second kappa shape index (κ2) is 6.23. The van der Waals surface area contributed by atoms with Crippen molar-refractivity contribution in [2.75, 3.05) is 0 Å². The molecule has 1 atom stereocenters. The minimum Gasteiger partial charge on any atom is -0.328 e. The fourth-order valence-electron chi connectivity index (χ4n) is 2.56. The van der Waals surface area contributed by atoms with Crippen molar-refractivity contribution < 1.29 is 0 Å². The maximum absolute atomic E-state index is 5.92. The molecule has 0 aliphatic rings. The standard InChI is InChI=1S/C17H25N3/c1-5-15-6-8-16(9-7-15)11-20-14(4)17(10-12(2)18)13(3)19-20/h6-9,12H,5,10-11,18H2,1-4H3. The summed E-state index contributed by atoms with van der Waals surface area (Å²) in [4.78, 5) is 0. The van der Waals surface area contributed by atoms with Crippen LogP contribution in [-0.2, 0) is 19.4 Å². The number of rotatable bonds is 5. The quantitative estimate of drug-likeness (QED) is 0.908. The summed E-state index contributed by atoms with van der Waals surface area (Å²) in [6.07, 6.45) is 1.98. The van der Waals surface area contributed by atoms with Gasteiger partial charge in [-0.15, -0.1) is 0 Å². The highest BCUT2D eigenvalue weighted by atomic mass is 15.3. The van der Waals surface area contributed by atoms with Crippen LogP contribution in [0.3, 0.4) is 0 Å². The summed E-state index contributed by atoms with van der Waals surface area (Å²) in [5.74, 6) is 0. The molecule has 1 heterocycles. The van der Waals surface area contributed by atoms with Gasteiger partial charge in [0.25, 0.3) is 0 Å². The average Bonchev–Trinajstić information content (AvgIpc) is 2.67. The SMILES string of the molecule is CCc1ccc(Cn2nc(C)c(CC(C)N)c2C)cc1. The van der Waals surface area contributed by atoms with Crippen LogP contribution in [0, 0.1) is 13.8 Å². The molecule has 2 N–H and O–H groups in total. The lowest BCUT2D eigenvalue weighted by molar-refractivity contribution is 0.656. The van der Waals surface area contributed by atoms with E-state index in [0.29, 0.717) is 0 Å². The molecule has 0 amide bonds. The average molecular weight is 271 g/mol. The van der Waals surface area contributed by atoms with Gasteiger partial charge in [0.1, 0.15) is 0 Å². The summed E-state index contributed by atoms with van der Waals surface area (Å²) in [5, 5.41) is 4.66. The first-order valence-electron chi connectivity index (χ1n) is 7.37. The molecule has 0 radical (unpaired) electrons. The first-order valence-corrected chi connectivity index (χ1v) is 7.37. The summed E-state index contributed by atoms with van der Waals surface area (Å²) in [6, 6.07) is 8.96. The van der Waals surface area contributed by atoms with Gasteiger partial charge in [-0.3, -0.25) is 4.68 Å². The Labute approximate surface area is 121 Å². The molecule has 3 nitrogen and oxygen atoms in total. The number of aromatic nitrogens is 2. The van der Waals surface area contributed by atoms with Crippen LogP contribution in [0.1, 0.15) is 41.9 Å². The van der Waals surface area contributed by atoms with E-state index in [4.69, 9.17) is 5.73 Å². The molecule has 1 unspecified atom stereocenters. The van der Waals surface area contributed by atoms with E-state index in [2.05, 4.69) is 54.8 Å². The molecule has 0 aliphatic carbocycles. The van der Waals surface area contributed by atoms with Crippen LogP contribution in [0.15, 0.2) is 24.3 Å². The Morgan fingerprint density at radius 3 is 2.30 bits per heavy atom. The minimum atomic E-state index is 0.175. The van der Waals surface area contributed by atoms with Gasteiger partial charge < -0.3 is 5.73 Å². The zero-order chi connectivity index (χ0) is 14.7. The molecule has 0 fully saturated rings. The van der Waals surface area contributed by atoms with Crippen molar-refractivity contribution in [3.8, 4) is 0 Å². The molecule has 1 aromatic heterocycles. The van der Waals surface area contributed by atoms with E-state index in [0.717, 1.165) is 25.1 Å². The molecule has 0 spiro atoms. The zero-order valence-corrected chi connectivity index (χ0v) is 13.0. The van der Waals surface area contributed by atoms with E-state index in [1.165, 1.54) is 22.4 Å². The van der Waals surface area contributed by atoms with Gasteiger partial charge in [-0.1, -0.05) is 31.2 Å². The van der Waals surface area contributed by atoms with E-state index in [1.54, 1.807) is 0 Å². The van der Waals surface area contributed by atoms with E-state index in [1.807, 2.05) is 6.92 Å². The maximum Gasteiger partial charge on any atom is 0.0662 e. The zero-order valence-electron chi connectivity index (χ0n) is 13.0. The lowest BCUT2D eigenvalue weighted by atomic mass is 10.1. The topological polar surface area (TPSA) is 43.8 Å². The fraction of sp³-hybridized carbons (Fsp3) is 0.471. The van der Waals surface area contributed by atoms with Crippen LogP contribution in [0.25, 0.3) is 0 Å². The molecule has 20 heavy (non-hydrogen) atoms. The number of hydrogen-bond donors (Lipinski definition) is 1. The van der Waals surface area contributed by atoms with Gasteiger partial charge in [0, 0.05) is 11.7 Å². The van der Waals surface area contributed by atoms with Crippen molar-refractivity contribution >= 4 is 0 Å². The van der Waals surface area contributed by atoms with Gasteiger partial charge >= 0.3 is 0 Å². The van der Waals surface area contributed by atoms with Gasteiger partial charge in [0.05, 0.1) is 12.2 Å². The van der Waals surface area contributed by atoms with Gasteiger partial charge in [0.2, 0.25) is 0 Å². The number of nitrogens with zero attached hydrogens (tertiary/aromatic N) is 2. The highest BCUT2D eigenvalue weighted by Crippen LogP contribution is 2.16. The van der Waals surface area contributed by atoms with Crippen molar-refractivity contribution in [3.05, 3.63) is 52.3 Å². The summed E-state index contributed by atoms with van der Waals surface area (Å²) in [5.41, 5.74) is 12.2. The van der Waals surface area contributed by atoms with Gasteiger partial charge in [-0.05, 0) is 50.3 Å². The molecular weight excluding hydrogens is 246 g/mol. The summed E-state index contributed by atoms with van der Waals surface area (Å²) < 4.78 is 2.09. The number of aryl methyl sites for hydroxylation is 2. The van der Waals surface area contributed by atoms with Crippen molar-refractivity contribution in [3.63, 3.8) is 0 Å². The van der Waals surface area contributed by atoms with E-state index >= 15 is 0 Å². The lowest BCUT2D eigenvalue weighted by Crippen LogP contribution is -2.18. The van der Waals surface area contributed by atoms with E-state index in [9.17, 15) is 0 Å². The van der Waals surface area contributed by atoms with E-state index in [-0.39, 0.29) is 6.04 Å². The first kappa shape index (κ1) is 14.8. The third-order valence-electron chi connectivity index (χ3n) is 3.82. The van der Waals surface area contributed by atoms with E-state index < -0.39 is 0 Å². The molecule has 1 aromatic carbocycles. The van der Waals surface area contributed by atoms with Crippen molar-refractivity contribution in [1.29, 1.82) is 0 Å². The summed E-state index contributed by atoms with van der Waals surface area (Å²) >= 11 is 0. The Hall–Kier alpha value is -1.61. The van der Waals surface area contributed by atoms with Crippen molar-refractivity contribution in [1.82, 2.24) is 9.78 Å². The molecule has 0 aliphatic heterocycles. The number of nitrogens with two attached hydrogens (primary N) is 1. The lowest BCUT2D eigenvalue weighted by Gasteiger charge is -2.08. The molecule has 0 saturated carbocycles. The molecule has 2 rings (SSSR count). The summed E-state index contributed by atoms with van der Waals surface area (Å²) in [6.45, 7) is 9.26. The molecule has 2 aromatic rings. The minimum absolute atomic E-state index is 0.175. The highest BCUT2D eigenvalue weighted by Gasteiger charge is 2.13. The third kappa shape index (κ3) is 3.28. The maximum atomic E-state index is 5.92. The van der Waals surface area contributed by atoms with Crippen LogP contribution in [0.5, 0.6) is 0 Å². The van der Waals surface area contributed by atoms with Crippen LogP contribution in [-0.4, -0.2) is 15.8 Å². The number of benzene rings is 1. The van der Waals surface area contributed by atoms with Crippen LogP contribution in [0.4, 0.5) is 0 Å². The largest absolute Gasteiger partial charge is 0.328 e. The molecular formula is C17H25N3. The van der Waals surface area contributed by atoms with Crippen molar-refractivity contribution in [2.45, 2.75) is 53.1 Å². The highest BCUT2D eigenvalue weighted by molar-refractivity contribution is 5.28. The summed E-state index contributed by atoms with van der Waals surface area (Å²) in [7, 11) is 0. The third-order valence-corrected chi connectivity index (χ3v) is 3.82. The molecule has 3 heteroatoms.